The predicted octanol–water partition coefficient (Wildman–Crippen LogP) is 1.23. The van der Waals surface area contributed by atoms with E-state index in [9.17, 15) is 25.3 Å². The van der Waals surface area contributed by atoms with Gasteiger partial charge in [-0.25, -0.2) is 0 Å². The van der Waals surface area contributed by atoms with E-state index in [1.807, 2.05) is 0 Å². The van der Waals surface area contributed by atoms with Crippen molar-refractivity contribution in [3.63, 3.8) is 0 Å². The van der Waals surface area contributed by atoms with Crippen molar-refractivity contribution < 1.29 is 15.0 Å². The van der Waals surface area contributed by atoms with E-state index in [1.54, 1.807) is 0 Å². The third-order valence-corrected chi connectivity index (χ3v) is 1.70. The molecule has 1 aromatic carbocycles. The zero-order valence-corrected chi connectivity index (χ0v) is 7.22. The van der Waals surface area contributed by atoms with Crippen molar-refractivity contribution in [2.24, 2.45) is 0 Å². The van der Waals surface area contributed by atoms with E-state index in [-0.39, 0.29) is 0 Å². The van der Waals surface area contributed by atoms with Gasteiger partial charge in [-0.15, -0.1) is 0 Å². The van der Waals surface area contributed by atoms with E-state index in [0.717, 1.165) is 6.07 Å². The molecule has 0 radical (unpaired) electrons. The molecule has 8 heteroatoms. The molecule has 0 aromatic heterocycles. The molecule has 0 aliphatic heterocycles. The van der Waals surface area contributed by atoms with Gasteiger partial charge in [0.2, 0.25) is 0 Å². The Balaban J connectivity index is 3.43. The largest absolute Gasteiger partial charge is 0.867 e. The predicted molar refractivity (Wildman–Crippen MR) is 44.2 cm³/mol. The zero-order chi connectivity index (χ0) is 10.9. The quantitative estimate of drug-likeness (QED) is 0.546. The van der Waals surface area contributed by atoms with Gasteiger partial charge in [0.25, 0.3) is 11.4 Å². The molecule has 0 bridgehead atoms. The van der Waals surface area contributed by atoms with E-state index in [4.69, 9.17) is 11.6 Å². The second kappa shape index (κ2) is 3.46. The van der Waals surface area contributed by atoms with Gasteiger partial charge in [0.15, 0.2) is 0 Å². The Morgan fingerprint density at radius 1 is 1.14 bits per heavy atom. The highest BCUT2D eigenvalue weighted by Gasteiger charge is 2.17. The summed E-state index contributed by atoms with van der Waals surface area (Å²) < 4.78 is 0. The summed E-state index contributed by atoms with van der Waals surface area (Å²) in [6, 6.07) is 1.35. The molecule has 0 heterocycles. The molecule has 14 heavy (non-hydrogen) atoms. The van der Waals surface area contributed by atoms with Crippen LogP contribution in [0.5, 0.6) is 5.75 Å². The van der Waals surface area contributed by atoms with Crippen molar-refractivity contribution in [2.75, 3.05) is 0 Å². The van der Waals surface area contributed by atoms with Gasteiger partial charge in [-0.2, -0.15) is 0 Å². The minimum atomic E-state index is -1.03. The minimum absolute atomic E-state index is 0.536. The molecule has 0 spiro atoms. The molecular weight excluding hydrogens is 216 g/mol. The number of nitro benzene ring substituents is 2. The minimum Gasteiger partial charge on any atom is -0.867 e. The van der Waals surface area contributed by atoms with Crippen LogP contribution in [0.4, 0.5) is 11.4 Å². The summed E-state index contributed by atoms with van der Waals surface area (Å²) in [5, 5.41) is 31.0. The lowest BCUT2D eigenvalue weighted by atomic mass is 10.2. The molecule has 7 nitrogen and oxygen atoms in total. The fourth-order valence-electron chi connectivity index (χ4n) is 0.806. The summed E-state index contributed by atoms with van der Waals surface area (Å²) in [6.07, 6.45) is 0. The van der Waals surface area contributed by atoms with Crippen molar-refractivity contribution in [1.29, 1.82) is 0 Å². The highest BCUT2D eigenvalue weighted by Crippen LogP contribution is 2.34. The Kier molecular flexibility index (Phi) is 2.52. The molecule has 0 aliphatic rings. The molecule has 0 saturated heterocycles. The lowest BCUT2D eigenvalue weighted by Gasteiger charge is -2.07. The molecular formula is C6H2ClN2O5-. The topological polar surface area (TPSA) is 109 Å². The molecule has 0 saturated carbocycles. The maximum absolute atomic E-state index is 11.0. The van der Waals surface area contributed by atoms with Gasteiger partial charge in [0.1, 0.15) is 0 Å². The van der Waals surface area contributed by atoms with E-state index in [1.165, 1.54) is 0 Å². The van der Waals surface area contributed by atoms with Crippen molar-refractivity contribution in [3.05, 3.63) is 37.4 Å². The number of nitrogens with zero attached hydrogens (tertiary/aromatic N) is 2. The fourth-order valence-corrected chi connectivity index (χ4v) is 1.01. The lowest BCUT2D eigenvalue weighted by Crippen LogP contribution is -2.00. The van der Waals surface area contributed by atoms with Crippen LogP contribution in [-0.2, 0) is 0 Å². The molecule has 0 atom stereocenters. The number of nitro groups is 2. The number of hydrogen-bond donors (Lipinski definition) is 0. The first kappa shape index (κ1) is 10.2. The lowest BCUT2D eigenvalue weighted by molar-refractivity contribution is -0.403. The average Bonchev–Trinajstić information content (AvgIpc) is 2.08. The first-order valence-electron chi connectivity index (χ1n) is 3.23. The van der Waals surface area contributed by atoms with E-state index in [0.29, 0.717) is 6.07 Å². The van der Waals surface area contributed by atoms with Crippen molar-refractivity contribution in [3.8, 4) is 5.75 Å². The smallest absolute Gasteiger partial charge is 0.277 e. The van der Waals surface area contributed by atoms with Crippen LogP contribution < -0.4 is 5.11 Å². The van der Waals surface area contributed by atoms with Crippen LogP contribution in [0, 0.1) is 20.2 Å². The van der Waals surface area contributed by atoms with Crippen molar-refractivity contribution >= 4 is 23.0 Å². The molecule has 1 rings (SSSR count). The van der Waals surface area contributed by atoms with Crippen LogP contribution in [0.15, 0.2) is 12.1 Å². The second-order valence-corrected chi connectivity index (χ2v) is 2.70. The molecule has 0 fully saturated rings. The summed E-state index contributed by atoms with van der Waals surface area (Å²) >= 11 is 5.29. The molecule has 0 unspecified atom stereocenters. The summed E-state index contributed by atoms with van der Waals surface area (Å²) in [4.78, 5) is 18.7. The summed E-state index contributed by atoms with van der Waals surface area (Å²) in [6.45, 7) is 0. The number of rotatable bonds is 2. The Bertz CT molecular complexity index is 419. The van der Waals surface area contributed by atoms with Crippen LogP contribution >= 0.6 is 11.6 Å². The number of benzene rings is 1. The maximum atomic E-state index is 11.0. The third-order valence-electron chi connectivity index (χ3n) is 1.42. The van der Waals surface area contributed by atoms with Crippen LogP contribution in [-0.4, -0.2) is 9.85 Å². The molecule has 1 aromatic rings. The van der Waals surface area contributed by atoms with E-state index in [2.05, 4.69) is 0 Å². The third kappa shape index (κ3) is 1.72. The fraction of sp³-hybridized carbons (Fsp3) is 0. The van der Waals surface area contributed by atoms with E-state index < -0.39 is 32.0 Å². The average molecular weight is 218 g/mol. The monoisotopic (exact) mass is 217 g/mol. The van der Waals surface area contributed by atoms with Gasteiger partial charge in [-0.3, -0.25) is 20.2 Å². The van der Waals surface area contributed by atoms with Crippen LogP contribution in [0.3, 0.4) is 0 Å². The highest BCUT2D eigenvalue weighted by molar-refractivity contribution is 6.32. The van der Waals surface area contributed by atoms with Gasteiger partial charge in [-0.1, -0.05) is 11.6 Å². The summed E-state index contributed by atoms with van der Waals surface area (Å²) in [7, 11) is 0. The first-order valence-corrected chi connectivity index (χ1v) is 3.60. The molecule has 0 N–H and O–H groups in total. The van der Waals surface area contributed by atoms with Crippen LogP contribution in [0.1, 0.15) is 0 Å². The number of halogens is 1. The normalized spacial score (nSPS) is 9.79. The van der Waals surface area contributed by atoms with Crippen molar-refractivity contribution in [2.45, 2.75) is 0 Å². The van der Waals surface area contributed by atoms with Crippen LogP contribution in [0.2, 0.25) is 5.02 Å². The van der Waals surface area contributed by atoms with E-state index >= 15 is 0 Å². The van der Waals surface area contributed by atoms with Gasteiger partial charge >= 0.3 is 0 Å². The summed E-state index contributed by atoms with van der Waals surface area (Å²) in [5.74, 6) is -1.03. The molecule has 0 aliphatic carbocycles. The second-order valence-electron chi connectivity index (χ2n) is 2.29. The highest BCUT2D eigenvalue weighted by atomic mass is 35.5. The molecule has 0 amide bonds. The summed E-state index contributed by atoms with van der Waals surface area (Å²) in [5.41, 5.74) is -1.48. The molecule has 74 valence electrons. The number of hydrogen-bond acceptors (Lipinski definition) is 5. The SMILES string of the molecule is O=[N+]([O-])c1cc(Cl)c([O-])c([N+](=O)[O-])c1. The number of non-ortho nitro benzene ring substituents is 1. The van der Waals surface area contributed by atoms with Gasteiger partial charge in [0, 0.05) is 11.1 Å². The Labute approximate surface area is 81.8 Å². The maximum Gasteiger partial charge on any atom is 0.277 e. The van der Waals surface area contributed by atoms with Gasteiger partial charge in [0.05, 0.1) is 15.9 Å². The van der Waals surface area contributed by atoms with Gasteiger partial charge in [-0.05, 0) is 5.75 Å². The first-order chi connectivity index (χ1) is 6.43. The standard InChI is InChI=1S/C6H3ClN2O5/c7-4-1-3(8(11)12)2-5(6(4)10)9(13)14/h1-2,10H/p-1. The van der Waals surface area contributed by atoms with Gasteiger partial charge < -0.3 is 5.11 Å². The van der Waals surface area contributed by atoms with Crippen LogP contribution in [0.25, 0.3) is 0 Å². The Hall–Kier alpha value is -1.89. The zero-order valence-electron chi connectivity index (χ0n) is 6.47. The Morgan fingerprint density at radius 2 is 1.71 bits per heavy atom. The van der Waals surface area contributed by atoms with Crippen molar-refractivity contribution in [1.82, 2.24) is 0 Å². The Morgan fingerprint density at radius 3 is 2.14 bits per heavy atom.